The average molecular weight is 569 g/mol. The number of hydrogen-bond acceptors (Lipinski definition) is 5. The maximum atomic E-state index is 13.8. The van der Waals surface area contributed by atoms with E-state index in [9.17, 15) is 14.4 Å². The number of Topliss-reactive ketones (excluding diaryl/α,β-unsaturated/α-hetero) is 1. The highest BCUT2D eigenvalue weighted by atomic mass is 16.2. The van der Waals surface area contributed by atoms with Gasteiger partial charge < -0.3 is 15.2 Å². The molecule has 5 rings (SSSR count). The third-order valence-electron chi connectivity index (χ3n) is 8.95. The smallest absolute Gasteiger partial charge is 0.253 e. The van der Waals surface area contributed by atoms with Gasteiger partial charge in [-0.15, -0.1) is 0 Å². The molecule has 1 saturated carbocycles. The molecule has 1 saturated heterocycles. The normalized spacial score (nSPS) is 16.1. The number of carbonyl (C=O) groups is 2. The minimum Gasteiger partial charge on any atom is -0.369 e. The Morgan fingerprint density at radius 2 is 1.64 bits per heavy atom. The number of benzene rings is 2. The van der Waals surface area contributed by atoms with Gasteiger partial charge in [0.2, 0.25) is 0 Å². The molecule has 1 aliphatic carbocycles. The van der Waals surface area contributed by atoms with Gasteiger partial charge in [-0.3, -0.25) is 19.3 Å². The van der Waals surface area contributed by atoms with E-state index in [0.29, 0.717) is 36.0 Å². The van der Waals surface area contributed by atoms with E-state index in [-0.39, 0.29) is 18.0 Å². The Balaban J connectivity index is 1.48. The molecule has 2 fully saturated rings. The summed E-state index contributed by atoms with van der Waals surface area (Å²) in [5, 5.41) is 3.05. The molecule has 2 aromatic carbocycles. The third-order valence-corrected chi connectivity index (χ3v) is 8.95. The molecular formula is C35H44N4O3. The summed E-state index contributed by atoms with van der Waals surface area (Å²) < 4.78 is 0. The van der Waals surface area contributed by atoms with Gasteiger partial charge in [0.25, 0.3) is 11.5 Å². The molecule has 0 bridgehead atoms. The zero-order valence-corrected chi connectivity index (χ0v) is 25.5. The molecule has 1 aliphatic heterocycles. The van der Waals surface area contributed by atoms with E-state index in [1.807, 2.05) is 26.0 Å². The van der Waals surface area contributed by atoms with E-state index < -0.39 is 0 Å². The van der Waals surface area contributed by atoms with E-state index >= 15 is 0 Å². The second kappa shape index (κ2) is 13.1. The number of anilines is 1. The van der Waals surface area contributed by atoms with Gasteiger partial charge in [0.1, 0.15) is 0 Å². The summed E-state index contributed by atoms with van der Waals surface area (Å²) >= 11 is 0. The van der Waals surface area contributed by atoms with Crippen LogP contribution < -0.4 is 15.8 Å². The maximum absolute atomic E-state index is 13.8. The number of pyridine rings is 1. The van der Waals surface area contributed by atoms with Crippen molar-refractivity contribution in [2.24, 2.45) is 0 Å². The lowest BCUT2D eigenvalue weighted by Gasteiger charge is -2.34. The molecule has 0 radical (unpaired) electrons. The first-order valence-electron chi connectivity index (χ1n) is 15.5. The summed E-state index contributed by atoms with van der Waals surface area (Å²) in [6.45, 7) is 10.9. The van der Waals surface area contributed by atoms with Crippen molar-refractivity contribution in [2.75, 3.05) is 24.5 Å². The van der Waals surface area contributed by atoms with Gasteiger partial charge in [0, 0.05) is 48.2 Å². The Bertz CT molecular complexity index is 1490. The molecule has 42 heavy (non-hydrogen) atoms. The Labute approximate surface area is 249 Å². The highest BCUT2D eigenvalue weighted by Gasteiger charge is 2.25. The van der Waals surface area contributed by atoms with Gasteiger partial charge >= 0.3 is 0 Å². The fourth-order valence-electron chi connectivity index (χ4n) is 6.58. The van der Waals surface area contributed by atoms with E-state index in [1.54, 1.807) is 0 Å². The molecule has 1 aromatic heterocycles. The predicted molar refractivity (Wildman–Crippen MR) is 169 cm³/mol. The van der Waals surface area contributed by atoms with Crippen LogP contribution in [0.3, 0.4) is 0 Å². The van der Waals surface area contributed by atoms with Crippen molar-refractivity contribution < 1.29 is 9.59 Å². The number of nitrogens with zero attached hydrogens (tertiary/aromatic N) is 2. The number of amides is 1. The summed E-state index contributed by atoms with van der Waals surface area (Å²) in [4.78, 5) is 45.2. The zero-order chi connectivity index (χ0) is 29.8. The Hall–Kier alpha value is -3.71. The minimum absolute atomic E-state index is 0.160. The summed E-state index contributed by atoms with van der Waals surface area (Å²) in [5.74, 6) is 0.117. The van der Waals surface area contributed by atoms with Crippen LogP contribution in [0, 0.1) is 20.8 Å². The molecule has 2 aliphatic rings. The first-order valence-corrected chi connectivity index (χ1v) is 15.5. The summed E-state index contributed by atoms with van der Waals surface area (Å²) in [6.07, 6.45) is 7.39. The molecule has 222 valence electrons. The summed E-state index contributed by atoms with van der Waals surface area (Å²) in [5.41, 5.74) is 8.04. The van der Waals surface area contributed by atoms with Crippen LogP contribution in [-0.2, 0) is 17.9 Å². The maximum Gasteiger partial charge on any atom is 0.253 e. The molecular weight excluding hydrogens is 524 g/mol. The van der Waals surface area contributed by atoms with E-state index in [2.05, 4.69) is 64.3 Å². The highest BCUT2D eigenvalue weighted by Crippen LogP contribution is 2.35. The Morgan fingerprint density at radius 3 is 2.26 bits per heavy atom. The van der Waals surface area contributed by atoms with Crippen molar-refractivity contribution >= 4 is 17.4 Å². The number of H-pyrrole nitrogens is 1. The lowest BCUT2D eigenvalue weighted by atomic mass is 9.94. The number of ketones is 1. The molecule has 0 atom stereocenters. The molecule has 0 unspecified atom stereocenters. The zero-order valence-electron chi connectivity index (χ0n) is 25.5. The standard InChI is InChI=1S/C35H44N4O3/c1-5-39(29-10-8-6-7-9-11-29)33-18-28(27-14-12-26(13-15-27)20-38-21-30(40)22-38)17-31(25(33)4)34(41)36-19-32-23(2)16-24(3)37-35(32)42/h12-18,29H,5-11,19-22H2,1-4H3,(H,36,41)(H,37,42). The van der Waals surface area contributed by atoms with Crippen molar-refractivity contribution in [3.8, 4) is 11.1 Å². The fourth-order valence-corrected chi connectivity index (χ4v) is 6.58. The lowest BCUT2D eigenvalue weighted by Crippen LogP contribution is -2.46. The SMILES string of the molecule is CCN(c1cc(-c2ccc(CN3CC(=O)C3)cc2)cc(C(=O)NCc2c(C)cc(C)[nH]c2=O)c1C)C1CCCCCC1. The van der Waals surface area contributed by atoms with Crippen LogP contribution in [-0.4, -0.2) is 47.3 Å². The molecule has 3 aromatic rings. The van der Waals surface area contributed by atoms with Gasteiger partial charge in [0.05, 0.1) is 13.1 Å². The van der Waals surface area contributed by atoms with Crippen LogP contribution >= 0.6 is 0 Å². The molecule has 7 nitrogen and oxygen atoms in total. The van der Waals surface area contributed by atoms with Crippen LogP contribution in [0.4, 0.5) is 5.69 Å². The van der Waals surface area contributed by atoms with E-state index in [4.69, 9.17) is 0 Å². The Kier molecular flexibility index (Phi) is 9.27. The lowest BCUT2D eigenvalue weighted by molar-refractivity contribution is -0.129. The predicted octanol–water partition coefficient (Wildman–Crippen LogP) is 5.83. The van der Waals surface area contributed by atoms with Crippen molar-refractivity contribution in [3.05, 3.63) is 86.3 Å². The number of aromatic amines is 1. The van der Waals surface area contributed by atoms with Gasteiger partial charge in [-0.1, -0.05) is 49.9 Å². The van der Waals surface area contributed by atoms with Gasteiger partial charge in [0.15, 0.2) is 5.78 Å². The van der Waals surface area contributed by atoms with Crippen LogP contribution in [0.5, 0.6) is 0 Å². The molecule has 7 heteroatoms. The second-order valence-corrected chi connectivity index (χ2v) is 12.1. The van der Waals surface area contributed by atoms with Gasteiger partial charge in [-0.2, -0.15) is 0 Å². The molecule has 1 amide bonds. The minimum atomic E-state index is -0.175. The first-order chi connectivity index (χ1) is 20.2. The number of aromatic nitrogens is 1. The largest absolute Gasteiger partial charge is 0.369 e. The molecule has 2 N–H and O–H groups in total. The monoisotopic (exact) mass is 568 g/mol. The summed E-state index contributed by atoms with van der Waals surface area (Å²) in [7, 11) is 0. The summed E-state index contributed by atoms with van der Waals surface area (Å²) in [6, 6.07) is 15.1. The first kappa shape index (κ1) is 29.8. The van der Waals surface area contributed by atoms with Crippen LogP contribution in [0.25, 0.3) is 11.1 Å². The topological polar surface area (TPSA) is 85.5 Å². The van der Waals surface area contributed by atoms with Crippen molar-refractivity contribution in [1.29, 1.82) is 0 Å². The number of carbonyl (C=O) groups excluding carboxylic acids is 2. The van der Waals surface area contributed by atoms with Gasteiger partial charge in [-0.05, 0) is 86.6 Å². The van der Waals surface area contributed by atoms with E-state index in [0.717, 1.165) is 46.7 Å². The number of nitrogens with one attached hydrogen (secondary N) is 2. The number of likely N-dealkylation sites (tertiary alicyclic amines) is 1. The second-order valence-electron chi connectivity index (χ2n) is 12.1. The van der Waals surface area contributed by atoms with Crippen molar-refractivity contribution in [3.63, 3.8) is 0 Å². The highest BCUT2D eigenvalue weighted by molar-refractivity contribution is 5.99. The van der Waals surface area contributed by atoms with Crippen LogP contribution in [0.15, 0.2) is 47.3 Å². The third kappa shape index (κ3) is 6.67. The van der Waals surface area contributed by atoms with Crippen molar-refractivity contribution in [1.82, 2.24) is 15.2 Å². The van der Waals surface area contributed by atoms with E-state index in [1.165, 1.54) is 44.1 Å². The van der Waals surface area contributed by atoms with Crippen LogP contribution in [0.2, 0.25) is 0 Å². The fraction of sp³-hybridized carbons (Fsp3) is 0.457. The van der Waals surface area contributed by atoms with Gasteiger partial charge in [-0.25, -0.2) is 0 Å². The van der Waals surface area contributed by atoms with Crippen molar-refractivity contribution in [2.45, 2.75) is 85.4 Å². The van der Waals surface area contributed by atoms with Crippen LogP contribution in [0.1, 0.15) is 83.8 Å². The molecule has 2 heterocycles. The Morgan fingerprint density at radius 1 is 0.952 bits per heavy atom. The molecule has 0 spiro atoms. The number of aryl methyl sites for hydroxylation is 2. The number of hydrogen-bond donors (Lipinski definition) is 2. The average Bonchev–Trinajstić information content (AvgIpc) is 3.23. The number of rotatable bonds is 9. The quantitative estimate of drug-likeness (QED) is 0.317.